The van der Waals surface area contributed by atoms with Gasteiger partial charge in [0.15, 0.2) is 0 Å². The zero-order valence-corrected chi connectivity index (χ0v) is 12.6. The van der Waals surface area contributed by atoms with Crippen LogP contribution in [0.15, 0.2) is 30.5 Å². The number of halogens is 1. The van der Waals surface area contributed by atoms with Gasteiger partial charge in [-0.3, -0.25) is 14.3 Å². The highest BCUT2D eigenvalue weighted by Crippen LogP contribution is 2.24. The molecule has 0 atom stereocenters. The molecule has 0 radical (unpaired) electrons. The minimum Gasteiger partial charge on any atom is -0.493 e. The van der Waals surface area contributed by atoms with Gasteiger partial charge in [0.25, 0.3) is 5.91 Å². The molecular weight excluding hydrogens is 294 g/mol. The maximum Gasteiger partial charge on any atom is 0.266 e. The van der Waals surface area contributed by atoms with E-state index in [1.165, 1.54) is 0 Å². The van der Waals surface area contributed by atoms with E-state index in [9.17, 15) is 4.79 Å². The van der Waals surface area contributed by atoms with Crippen LogP contribution in [-0.2, 0) is 13.7 Å². The number of hydrogen-bond acceptors (Lipinski definition) is 4. The molecule has 0 fully saturated rings. The van der Waals surface area contributed by atoms with Crippen LogP contribution in [0.2, 0.25) is 0 Å². The summed E-state index contributed by atoms with van der Waals surface area (Å²) >= 11 is 5.41. The molecule has 1 aromatic carbocycles. The molecule has 6 nitrogen and oxygen atoms in total. The van der Waals surface area contributed by atoms with Gasteiger partial charge < -0.3 is 9.47 Å². The van der Waals surface area contributed by atoms with Crippen molar-refractivity contribution >= 4 is 17.7 Å². The Hall–Kier alpha value is -2.21. The van der Waals surface area contributed by atoms with Crippen LogP contribution in [0, 0.1) is 0 Å². The van der Waals surface area contributed by atoms with Crippen LogP contribution in [0.1, 0.15) is 22.8 Å². The van der Waals surface area contributed by atoms with Gasteiger partial charge in [-0.15, -0.1) is 5.10 Å². The van der Waals surface area contributed by atoms with Crippen LogP contribution in [0.3, 0.4) is 0 Å². The number of carbonyl (C=O) groups is 1. The molecule has 0 aliphatic heterocycles. The van der Waals surface area contributed by atoms with E-state index in [1.54, 1.807) is 42.2 Å². The summed E-state index contributed by atoms with van der Waals surface area (Å²) in [6, 6.07) is 6.92. The Bertz CT molecular complexity index is 628. The number of aryl methyl sites for hydroxylation is 1. The van der Waals surface area contributed by atoms with Crippen molar-refractivity contribution in [3.63, 3.8) is 0 Å². The monoisotopic (exact) mass is 309 g/mol. The molecule has 0 bridgehead atoms. The van der Waals surface area contributed by atoms with E-state index >= 15 is 0 Å². The lowest BCUT2D eigenvalue weighted by Crippen LogP contribution is -2.17. The number of nitrogens with one attached hydrogen (secondary N) is 1. The van der Waals surface area contributed by atoms with Gasteiger partial charge in [-0.05, 0) is 19.1 Å². The second-order valence-electron chi connectivity index (χ2n) is 4.26. The van der Waals surface area contributed by atoms with E-state index in [1.807, 2.05) is 6.92 Å². The number of ether oxygens (including phenoxy) is 2. The third-order valence-corrected chi connectivity index (χ3v) is 2.99. The van der Waals surface area contributed by atoms with E-state index in [0.717, 1.165) is 0 Å². The number of amides is 1. The van der Waals surface area contributed by atoms with Crippen LogP contribution in [-0.4, -0.2) is 22.3 Å². The average molecular weight is 310 g/mol. The first-order chi connectivity index (χ1) is 10.2. The van der Waals surface area contributed by atoms with Gasteiger partial charge in [-0.25, -0.2) is 0 Å². The fourth-order valence-corrected chi connectivity index (χ4v) is 1.99. The SMILES string of the molecule is CCOc1cccc(C(=O)NCl)c1COc1ccn(C)n1. The van der Waals surface area contributed by atoms with Crippen molar-refractivity contribution in [2.24, 2.45) is 7.05 Å². The molecule has 7 heteroatoms. The van der Waals surface area contributed by atoms with Crippen LogP contribution in [0.25, 0.3) is 0 Å². The summed E-state index contributed by atoms with van der Waals surface area (Å²) < 4.78 is 12.8. The molecule has 1 amide bonds. The first kappa shape index (κ1) is 15.2. The normalized spacial score (nSPS) is 10.2. The highest BCUT2D eigenvalue weighted by Gasteiger charge is 2.16. The molecule has 112 valence electrons. The number of carbonyl (C=O) groups excluding carboxylic acids is 1. The fraction of sp³-hybridized carbons (Fsp3) is 0.286. The second kappa shape index (κ2) is 6.99. The van der Waals surface area contributed by atoms with Gasteiger partial charge >= 0.3 is 0 Å². The van der Waals surface area contributed by atoms with E-state index in [2.05, 4.69) is 9.93 Å². The summed E-state index contributed by atoms with van der Waals surface area (Å²) in [6.45, 7) is 2.52. The van der Waals surface area contributed by atoms with Crippen LogP contribution >= 0.6 is 11.8 Å². The molecule has 0 saturated carbocycles. The molecule has 2 aromatic rings. The van der Waals surface area contributed by atoms with Crippen molar-refractivity contribution < 1.29 is 14.3 Å². The minimum absolute atomic E-state index is 0.160. The Labute approximate surface area is 127 Å². The Balaban J connectivity index is 2.27. The highest BCUT2D eigenvalue weighted by molar-refractivity contribution is 6.24. The van der Waals surface area contributed by atoms with Gasteiger partial charge in [-0.1, -0.05) is 6.07 Å². The topological polar surface area (TPSA) is 65.4 Å². The minimum atomic E-state index is -0.405. The molecular formula is C14H16ClN3O3. The summed E-state index contributed by atoms with van der Waals surface area (Å²) in [7, 11) is 1.80. The second-order valence-corrected chi connectivity index (χ2v) is 4.44. The van der Waals surface area contributed by atoms with Gasteiger partial charge in [0.05, 0.1) is 12.2 Å². The standard InChI is InChI=1S/C14H16ClN3O3/c1-3-20-12-6-4-5-10(14(19)16-15)11(12)9-21-13-7-8-18(2)17-13/h4-8H,3,9H2,1-2H3,(H,16,19). The molecule has 0 aliphatic rings. The molecule has 21 heavy (non-hydrogen) atoms. The predicted octanol–water partition coefficient (Wildman–Crippen LogP) is 2.28. The maximum absolute atomic E-state index is 11.8. The van der Waals surface area contributed by atoms with Crippen LogP contribution in [0.4, 0.5) is 0 Å². The van der Waals surface area contributed by atoms with Crippen LogP contribution < -0.4 is 14.3 Å². The molecule has 1 N–H and O–H groups in total. The lowest BCUT2D eigenvalue weighted by atomic mass is 10.1. The first-order valence-corrected chi connectivity index (χ1v) is 6.81. The van der Waals surface area contributed by atoms with Crippen molar-refractivity contribution in [1.29, 1.82) is 0 Å². The Morgan fingerprint density at radius 3 is 2.81 bits per heavy atom. The number of benzene rings is 1. The fourth-order valence-electron chi connectivity index (χ4n) is 1.89. The molecule has 0 spiro atoms. The quantitative estimate of drug-likeness (QED) is 0.831. The largest absolute Gasteiger partial charge is 0.493 e. The number of rotatable bonds is 6. The summed E-state index contributed by atoms with van der Waals surface area (Å²) in [6.07, 6.45) is 1.77. The number of hydrogen-bond donors (Lipinski definition) is 1. The smallest absolute Gasteiger partial charge is 0.266 e. The summed E-state index contributed by atoms with van der Waals surface area (Å²) in [5, 5.41) is 4.12. The van der Waals surface area contributed by atoms with E-state index < -0.39 is 5.91 Å². The molecule has 1 heterocycles. The summed E-state index contributed by atoms with van der Waals surface area (Å²) in [4.78, 5) is 13.9. The lowest BCUT2D eigenvalue weighted by molar-refractivity contribution is 0.0978. The van der Waals surface area contributed by atoms with Gasteiger partial charge in [-0.2, -0.15) is 0 Å². The third-order valence-electron chi connectivity index (χ3n) is 2.82. The Morgan fingerprint density at radius 2 is 2.19 bits per heavy atom. The average Bonchev–Trinajstić information content (AvgIpc) is 2.91. The number of nitrogens with zero attached hydrogens (tertiary/aromatic N) is 2. The Kier molecular flexibility index (Phi) is 5.05. The lowest BCUT2D eigenvalue weighted by Gasteiger charge is -2.13. The van der Waals surface area contributed by atoms with Crippen molar-refractivity contribution in [1.82, 2.24) is 14.6 Å². The van der Waals surface area contributed by atoms with Crippen LogP contribution in [0.5, 0.6) is 11.6 Å². The molecule has 0 unspecified atom stereocenters. The zero-order chi connectivity index (χ0) is 15.2. The third kappa shape index (κ3) is 3.66. The molecule has 0 aliphatic carbocycles. The van der Waals surface area contributed by atoms with Gasteiger partial charge in [0.2, 0.25) is 5.88 Å². The molecule has 2 rings (SSSR count). The summed E-state index contributed by atoms with van der Waals surface area (Å²) in [5.41, 5.74) is 1.04. The van der Waals surface area contributed by atoms with Crippen molar-refractivity contribution in [3.8, 4) is 11.6 Å². The maximum atomic E-state index is 11.8. The molecule has 1 aromatic heterocycles. The predicted molar refractivity (Wildman–Crippen MR) is 78.5 cm³/mol. The van der Waals surface area contributed by atoms with Crippen molar-refractivity contribution in [2.75, 3.05) is 6.61 Å². The zero-order valence-electron chi connectivity index (χ0n) is 11.8. The van der Waals surface area contributed by atoms with Crippen molar-refractivity contribution in [2.45, 2.75) is 13.5 Å². The van der Waals surface area contributed by atoms with Gasteiger partial charge in [0, 0.05) is 36.7 Å². The first-order valence-electron chi connectivity index (χ1n) is 6.43. The van der Waals surface area contributed by atoms with Crippen molar-refractivity contribution in [3.05, 3.63) is 41.6 Å². The molecule has 0 saturated heterocycles. The summed E-state index contributed by atoms with van der Waals surface area (Å²) in [5.74, 6) is 0.657. The number of aromatic nitrogens is 2. The van der Waals surface area contributed by atoms with Gasteiger partial charge in [0.1, 0.15) is 12.4 Å². The van der Waals surface area contributed by atoms with E-state index in [0.29, 0.717) is 29.4 Å². The Morgan fingerprint density at radius 1 is 1.38 bits per heavy atom. The highest BCUT2D eigenvalue weighted by atomic mass is 35.5. The van der Waals surface area contributed by atoms with E-state index in [-0.39, 0.29) is 6.61 Å². The van der Waals surface area contributed by atoms with E-state index in [4.69, 9.17) is 21.3 Å².